The zero-order chi connectivity index (χ0) is 26.1. The van der Waals surface area contributed by atoms with E-state index in [1.165, 1.54) is 0 Å². The van der Waals surface area contributed by atoms with E-state index in [0.29, 0.717) is 31.1 Å². The fourth-order valence-electron chi connectivity index (χ4n) is 3.62. The van der Waals surface area contributed by atoms with Crippen molar-refractivity contribution in [3.8, 4) is 16.9 Å². The molecule has 3 aromatic rings. The molecule has 0 saturated carbocycles. The molecule has 0 spiro atoms. The Labute approximate surface area is 236 Å². The molecule has 1 amide bonds. The average Bonchev–Trinajstić information content (AvgIpc) is 2.85. The second-order valence-corrected chi connectivity index (χ2v) is 10.3. The van der Waals surface area contributed by atoms with E-state index in [2.05, 4.69) is 5.32 Å². The highest BCUT2D eigenvalue weighted by atomic mass is 35.5. The van der Waals surface area contributed by atoms with Crippen LogP contribution in [0.2, 0.25) is 0 Å². The number of rotatable bonds is 12. The number of carbonyl (C=O) groups is 1. The maximum Gasteiger partial charge on any atom is 0.268 e. The van der Waals surface area contributed by atoms with Crippen LogP contribution < -0.4 is 20.5 Å². The molecule has 3 aromatic carbocycles. The van der Waals surface area contributed by atoms with Crippen LogP contribution >= 0.6 is 24.8 Å². The van der Waals surface area contributed by atoms with Gasteiger partial charge in [-0.15, -0.1) is 24.8 Å². The number of aliphatic hydroxyl groups excluding tert-OH is 1. The number of nitrogens with one attached hydrogen (secondary N) is 2. The summed E-state index contributed by atoms with van der Waals surface area (Å²) in [7, 11) is -3.68. The fraction of sp³-hybridized carbons (Fsp3) is 0.296. The molecule has 1 atom stereocenters. The Morgan fingerprint density at radius 3 is 2.24 bits per heavy atom. The molecule has 0 heterocycles. The molecular weight excluding hydrogens is 549 g/mol. The van der Waals surface area contributed by atoms with Gasteiger partial charge in [0.1, 0.15) is 5.75 Å². The maximum absolute atomic E-state index is 12.4. The number of ether oxygens (including phenoxy) is 1. The Balaban J connectivity index is 0.00000361. The summed E-state index contributed by atoms with van der Waals surface area (Å²) in [5.74, 6) is -0.386. The van der Waals surface area contributed by atoms with Gasteiger partial charge in [0.25, 0.3) is 5.91 Å². The highest BCUT2D eigenvalue weighted by molar-refractivity contribution is 7.89. The van der Waals surface area contributed by atoms with Crippen molar-refractivity contribution in [3.05, 3.63) is 83.4 Å². The summed E-state index contributed by atoms with van der Waals surface area (Å²) in [5.41, 5.74) is 10.3. The molecule has 11 heteroatoms. The second-order valence-electron chi connectivity index (χ2n) is 8.60. The van der Waals surface area contributed by atoms with Gasteiger partial charge in [-0.3, -0.25) is 4.79 Å². The minimum Gasteiger partial charge on any atom is -0.493 e. The molecule has 0 aliphatic rings. The highest BCUT2D eigenvalue weighted by Crippen LogP contribution is 2.28. The van der Waals surface area contributed by atoms with Crippen LogP contribution in [0, 0.1) is 0 Å². The zero-order valence-electron chi connectivity index (χ0n) is 21.3. The first-order valence-electron chi connectivity index (χ1n) is 11.8. The van der Waals surface area contributed by atoms with Crippen molar-refractivity contribution >= 4 is 46.4 Å². The lowest BCUT2D eigenvalue weighted by molar-refractivity contribution is 0.0977. The van der Waals surface area contributed by atoms with E-state index in [9.17, 15) is 18.3 Å². The summed E-state index contributed by atoms with van der Waals surface area (Å²) >= 11 is 0. The molecule has 38 heavy (non-hydrogen) atoms. The van der Waals surface area contributed by atoms with Gasteiger partial charge in [0, 0.05) is 12.2 Å². The van der Waals surface area contributed by atoms with E-state index in [1.807, 2.05) is 48.0 Å². The van der Waals surface area contributed by atoms with Gasteiger partial charge in [-0.2, -0.15) is 0 Å². The number of carbonyl (C=O) groups excluding carboxylic acids is 1. The molecule has 0 bridgehead atoms. The number of sulfonamides is 1. The smallest absolute Gasteiger partial charge is 0.268 e. The lowest BCUT2D eigenvalue weighted by atomic mass is 10.0. The third-order valence-corrected chi connectivity index (χ3v) is 6.06. The molecule has 0 radical (unpaired) electrons. The van der Waals surface area contributed by atoms with E-state index in [-0.39, 0.29) is 30.4 Å². The molecule has 5 N–H and O–H groups in total. The molecule has 3 rings (SSSR count). The second kappa shape index (κ2) is 15.6. The molecule has 0 unspecified atom stereocenters. The van der Waals surface area contributed by atoms with Gasteiger partial charge in [0.15, 0.2) is 0 Å². The first-order chi connectivity index (χ1) is 17.2. The van der Waals surface area contributed by atoms with E-state index in [1.54, 1.807) is 30.3 Å². The van der Waals surface area contributed by atoms with E-state index >= 15 is 0 Å². The number of nitrogens with two attached hydrogens (primary N) is 1. The summed E-state index contributed by atoms with van der Waals surface area (Å²) < 4.78 is 30.7. The number of aliphatic hydroxyl groups is 1. The van der Waals surface area contributed by atoms with Crippen LogP contribution in [0.3, 0.4) is 0 Å². The summed E-state index contributed by atoms with van der Waals surface area (Å²) in [6.45, 7) is 3.51. The van der Waals surface area contributed by atoms with E-state index < -0.39 is 22.0 Å². The van der Waals surface area contributed by atoms with Crippen molar-refractivity contribution in [1.82, 2.24) is 10.0 Å². The van der Waals surface area contributed by atoms with Crippen LogP contribution in [0.5, 0.6) is 5.75 Å². The average molecular weight is 585 g/mol. The molecule has 8 nitrogen and oxygen atoms in total. The monoisotopic (exact) mass is 583 g/mol. The van der Waals surface area contributed by atoms with E-state index in [4.69, 9.17) is 10.5 Å². The lowest BCUT2D eigenvalue weighted by Crippen LogP contribution is -2.29. The number of anilines is 1. The van der Waals surface area contributed by atoms with Gasteiger partial charge in [-0.25, -0.2) is 13.1 Å². The SMILES string of the molecule is CCCOc1cc(-c2ccc(CCNC[C@H](O)c3ccc(N)cc3)cc2)ccc1C(=O)NS(C)(=O)=O.Cl.Cl. The van der Waals surface area contributed by atoms with Crippen LogP contribution in [-0.2, 0) is 16.4 Å². The maximum atomic E-state index is 12.4. The number of nitrogen functional groups attached to an aromatic ring is 1. The Bertz CT molecular complexity index is 1270. The van der Waals surface area contributed by atoms with Gasteiger partial charge < -0.3 is 20.9 Å². The molecule has 0 aromatic heterocycles. The fourth-order valence-corrected chi connectivity index (χ4v) is 4.06. The summed E-state index contributed by atoms with van der Waals surface area (Å²) in [6.07, 6.45) is 1.88. The van der Waals surface area contributed by atoms with Crippen LogP contribution in [-0.4, -0.2) is 45.4 Å². The predicted octanol–water partition coefficient (Wildman–Crippen LogP) is 4.12. The Hall–Kier alpha value is -2.82. The molecule has 0 saturated heterocycles. The number of amides is 1. The molecule has 208 valence electrons. The lowest BCUT2D eigenvalue weighted by Gasteiger charge is -2.14. The van der Waals surface area contributed by atoms with Gasteiger partial charge in [0.05, 0.1) is 24.5 Å². The van der Waals surface area contributed by atoms with Crippen molar-refractivity contribution in [3.63, 3.8) is 0 Å². The molecule has 0 aliphatic carbocycles. The number of halogens is 2. The summed E-state index contributed by atoms with van der Waals surface area (Å²) in [5, 5.41) is 13.6. The van der Waals surface area contributed by atoms with Gasteiger partial charge in [-0.1, -0.05) is 49.4 Å². The van der Waals surface area contributed by atoms with Crippen LogP contribution in [0.1, 0.15) is 40.9 Å². The van der Waals surface area contributed by atoms with Crippen molar-refractivity contribution in [1.29, 1.82) is 0 Å². The van der Waals surface area contributed by atoms with Gasteiger partial charge in [-0.05, 0) is 65.9 Å². The largest absolute Gasteiger partial charge is 0.493 e. The standard InChI is InChI=1S/C27H33N3O5S.2ClH/c1-3-16-35-26-17-22(10-13-24(26)27(32)30-36(2,33)34)20-6-4-19(5-7-20)14-15-29-18-25(31)21-8-11-23(28)12-9-21;;/h4-13,17,25,29,31H,3,14-16,18,28H2,1-2H3,(H,30,32);2*1H/t25-;;/m0../s1. The van der Waals surface area contributed by atoms with Crippen molar-refractivity contribution in [2.45, 2.75) is 25.9 Å². The van der Waals surface area contributed by atoms with Crippen LogP contribution in [0.4, 0.5) is 5.69 Å². The molecule has 0 aliphatic heterocycles. The molecular formula is C27H35Cl2N3O5S. The first kappa shape index (κ1) is 33.2. The van der Waals surface area contributed by atoms with Crippen molar-refractivity contribution in [2.24, 2.45) is 0 Å². The highest BCUT2D eigenvalue weighted by Gasteiger charge is 2.17. The topological polar surface area (TPSA) is 131 Å². The Kier molecular flexibility index (Phi) is 13.6. The Morgan fingerprint density at radius 1 is 1.00 bits per heavy atom. The Morgan fingerprint density at radius 2 is 1.63 bits per heavy atom. The normalized spacial score (nSPS) is 11.6. The van der Waals surface area contributed by atoms with Crippen molar-refractivity contribution < 1.29 is 23.1 Å². The number of benzene rings is 3. The summed E-state index contributed by atoms with van der Waals surface area (Å²) in [4.78, 5) is 12.4. The third-order valence-electron chi connectivity index (χ3n) is 5.50. The quantitative estimate of drug-likeness (QED) is 0.186. The van der Waals surface area contributed by atoms with Crippen LogP contribution in [0.25, 0.3) is 11.1 Å². The number of hydrogen-bond acceptors (Lipinski definition) is 7. The molecule has 0 fully saturated rings. The predicted molar refractivity (Wildman–Crippen MR) is 157 cm³/mol. The van der Waals surface area contributed by atoms with Gasteiger partial charge >= 0.3 is 0 Å². The van der Waals surface area contributed by atoms with Crippen molar-refractivity contribution in [2.75, 3.05) is 31.7 Å². The van der Waals surface area contributed by atoms with E-state index in [0.717, 1.165) is 41.4 Å². The minimum absolute atomic E-state index is 0. The zero-order valence-corrected chi connectivity index (χ0v) is 23.8. The number of hydrogen-bond donors (Lipinski definition) is 4. The minimum atomic E-state index is -3.68. The summed E-state index contributed by atoms with van der Waals surface area (Å²) in [6, 6.07) is 20.3. The third kappa shape index (κ3) is 10.2. The van der Waals surface area contributed by atoms with Crippen LogP contribution in [0.15, 0.2) is 66.7 Å². The first-order valence-corrected chi connectivity index (χ1v) is 13.7. The van der Waals surface area contributed by atoms with Gasteiger partial charge in [0.2, 0.25) is 10.0 Å².